The van der Waals surface area contributed by atoms with E-state index >= 15 is 0 Å². The Hall–Kier alpha value is -3.37. The zero-order valence-corrected chi connectivity index (χ0v) is 17.6. The van der Waals surface area contributed by atoms with Crippen LogP contribution in [0.3, 0.4) is 0 Å². The summed E-state index contributed by atoms with van der Waals surface area (Å²) in [5.41, 5.74) is 7.18. The lowest BCUT2D eigenvalue weighted by atomic mass is 10.1. The van der Waals surface area contributed by atoms with Crippen LogP contribution in [-0.4, -0.2) is 19.1 Å². The van der Waals surface area contributed by atoms with Crippen molar-refractivity contribution in [3.8, 4) is 0 Å². The van der Waals surface area contributed by atoms with Gasteiger partial charge in [-0.25, -0.2) is 0 Å². The molecule has 0 saturated carbocycles. The summed E-state index contributed by atoms with van der Waals surface area (Å²) >= 11 is 0. The molecule has 0 aliphatic heterocycles. The summed E-state index contributed by atoms with van der Waals surface area (Å²) < 4.78 is 0. The van der Waals surface area contributed by atoms with E-state index in [9.17, 15) is 0 Å². The number of fused-ring (bicyclic) bond motifs is 1. The smallest absolute Gasteiger partial charge is 0.0743 e. The van der Waals surface area contributed by atoms with E-state index in [1.165, 1.54) is 16.7 Å². The molecular formula is C26H28N4. The van der Waals surface area contributed by atoms with E-state index in [4.69, 9.17) is 0 Å². The molecule has 1 heterocycles. The van der Waals surface area contributed by atoms with Crippen molar-refractivity contribution in [3.05, 3.63) is 102 Å². The van der Waals surface area contributed by atoms with E-state index in [0.717, 1.165) is 41.9 Å². The molecule has 0 radical (unpaired) electrons. The molecule has 1 aromatic heterocycles. The molecule has 0 bridgehead atoms. The standard InChI is InChI=1S/C26H28N4/c1-30(2)23-12-13-24-25(14-15-28-26(24)16-23)29-19-22-11-7-6-10-21(22)18-27-17-20-8-4-3-5-9-20/h3-16,27H,17-19H2,1-2H3,(H,28,29). The number of nitrogens with one attached hydrogen (secondary N) is 2. The summed E-state index contributed by atoms with van der Waals surface area (Å²) in [5, 5.41) is 8.32. The minimum Gasteiger partial charge on any atom is -0.380 e. The molecule has 0 atom stereocenters. The van der Waals surface area contributed by atoms with Crippen LogP contribution in [0.25, 0.3) is 10.9 Å². The third-order valence-electron chi connectivity index (χ3n) is 5.32. The molecule has 3 aromatic carbocycles. The molecule has 0 saturated heterocycles. The van der Waals surface area contributed by atoms with Gasteiger partial charge < -0.3 is 15.5 Å². The van der Waals surface area contributed by atoms with Crippen LogP contribution >= 0.6 is 0 Å². The van der Waals surface area contributed by atoms with Crippen LogP contribution in [0.1, 0.15) is 16.7 Å². The Kier molecular flexibility index (Phi) is 6.26. The van der Waals surface area contributed by atoms with Gasteiger partial charge in [0.2, 0.25) is 0 Å². The maximum Gasteiger partial charge on any atom is 0.0743 e. The number of hydrogen-bond donors (Lipinski definition) is 2. The molecule has 4 nitrogen and oxygen atoms in total. The number of rotatable bonds is 8. The van der Waals surface area contributed by atoms with Gasteiger partial charge in [0.1, 0.15) is 0 Å². The van der Waals surface area contributed by atoms with E-state index in [1.54, 1.807) is 0 Å². The Balaban J connectivity index is 1.45. The minimum absolute atomic E-state index is 0.776. The van der Waals surface area contributed by atoms with Crippen molar-refractivity contribution in [2.75, 3.05) is 24.3 Å². The number of aromatic nitrogens is 1. The molecule has 30 heavy (non-hydrogen) atoms. The fourth-order valence-corrected chi connectivity index (χ4v) is 3.60. The van der Waals surface area contributed by atoms with Gasteiger partial charge in [-0.3, -0.25) is 4.98 Å². The molecule has 0 fully saturated rings. The second kappa shape index (κ2) is 9.42. The molecule has 2 N–H and O–H groups in total. The van der Waals surface area contributed by atoms with E-state index in [2.05, 4.69) is 93.3 Å². The molecule has 0 unspecified atom stereocenters. The van der Waals surface area contributed by atoms with Crippen molar-refractivity contribution in [1.29, 1.82) is 0 Å². The topological polar surface area (TPSA) is 40.2 Å². The maximum absolute atomic E-state index is 4.55. The normalized spacial score (nSPS) is 10.9. The Morgan fingerprint density at radius 1 is 0.767 bits per heavy atom. The molecule has 0 spiro atoms. The number of nitrogens with zero attached hydrogens (tertiary/aromatic N) is 2. The highest BCUT2D eigenvalue weighted by Crippen LogP contribution is 2.26. The van der Waals surface area contributed by atoms with Gasteiger partial charge in [-0.2, -0.15) is 0 Å². The number of hydrogen-bond acceptors (Lipinski definition) is 4. The Bertz CT molecular complexity index is 1110. The predicted octanol–water partition coefficient (Wildman–Crippen LogP) is 5.20. The fourth-order valence-electron chi connectivity index (χ4n) is 3.60. The number of anilines is 2. The highest BCUT2D eigenvalue weighted by atomic mass is 15.1. The average Bonchev–Trinajstić information content (AvgIpc) is 2.78. The lowest BCUT2D eigenvalue weighted by Gasteiger charge is -2.16. The zero-order chi connectivity index (χ0) is 20.8. The van der Waals surface area contributed by atoms with Gasteiger partial charge in [-0.15, -0.1) is 0 Å². The predicted molar refractivity (Wildman–Crippen MR) is 127 cm³/mol. The first-order valence-corrected chi connectivity index (χ1v) is 10.3. The molecule has 4 rings (SSSR count). The van der Waals surface area contributed by atoms with Gasteiger partial charge in [0.25, 0.3) is 0 Å². The van der Waals surface area contributed by atoms with Gasteiger partial charge in [0.15, 0.2) is 0 Å². The van der Waals surface area contributed by atoms with Crippen LogP contribution in [0, 0.1) is 0 Å². The summed E-state index contributed by atoms with van der Waals surface area (Å²) in [4.78, 5) is 6.65. The third kappa shape index (κ3) is 4.78. The molecule has 4 heteroatoms. The summed E-state index contributed by atoms with van der Waals surface area (Å²) in [5.74, 6) is 0. The summed E-state index contributed by atoms with van der Waals surface area (Å²) in [7, 11) is 4.10. The van der Waals surface area contributed by atoms with Crippen LogP contribution in [0.15, 0.2) is 85.1 Å². The lowest BCUT2D eigenvalue weighted by molar-refractivity contribution is 0.689. The van der Waals surface area contributed by atoms with E-state index in [-0.39, 0.29) is 0 Å². The first kappa shape index (κ1) is 19.9. The molecule has 0 aliphatic rings. The fraction of sp³-hybridized carbons (Fsp3) is 0.192. The Morgan fingerprint density at radius 3 is 2.27 bits per heavy atom. The van der Waals surface area contributed by atoms with Gasteiger partial charge in [-0.1, -0.05) is 54.6 Å². The lowest BCUT2D eigenvalue weighted by Crippen LogP contribution is -2.15. The molecule has 152 valence electrons. The quantitative estimate of drug-likeness (QED) is 0.429. The van der Waals surface area contributed by atoms with Gasteiger partial charge in [0.05, 0.1) is 5.52 Å². The summed E-state index contributed by atoms with van der Waals surface area (Å²) in [6.45, 7) is 2.49. The van der Waals surface area contributed by atoms with Crippen LogP contribution in [0.4, 0.5) is 11.4 Å². The first-order chi connectivity index (χ1) is 14.7. The van der Waals surface area contributed by atoms with Gasteiger partial charge in [0, 0.05) is 56.7 Å². The average molecular weight is 397 g/mol. The SMILES string of the molecule is CN(C)c1ccc2c(NCc3ccccc3CNCc3ccccc3)ccnc2c1. The van der Waals surface area contributed by atoms with Crippen molar-refractivity contribution in [1.82, 2.24) is 10.3 Å². The monoisotopic (exact) mass is 396 g/mol. The van der Waals surface area contributed by atoms with E-state index < -0.39 is 0 Å². The Morgan fingerprint density at radius 2 is 1.50 bits per heavy atom. The molecule has 4 aromatic rings. The van der Waals surface area contributed by atoms with Crippen molar-refractivity contribution < 1.29 is 0 Å². The van der Waals surface area contributed by atoms with Gasteiger partial charge >= 0.3 is 0 Å². The Labute approximate surface area is 178 Å². The highest BCUT2D eigenvalue weighted by molar-refractivity contribution is 5.93. The van der Waals surface area contributed by atoms with Crippen molar-refractivity contribution in [2.24, 2.45) is 0 Å². The summed E-state index contributed by atoms with van der Waals surface area (Å²) in [6.07, 6.45) is 1.87. The van der Waals surface area contributed by atoms with Crippen LogP contribution < -0.4 is 15.5 Å². The highest BCUT2D eigenvalue weighted by Gasteiger charge is 2.06. The molecule has 0 aliphatic carbocycles. The first-order valence-electron chi connectivity index (χ1n) is 10.3. The van der Waals surface area contributed by atoms with E-state index in [1.807, 2.05) is 26.4 Å². The molecular weight excluding hydrogens is 368 g/mol. The second-order valence-electron chi connectivity index (χ2n) is 7.67. The van der Waals surface area contributed by atoms with Gasteiger partial charge in [-0.05, 0) is 41.0 Å². The zero-order valence-electron chi connectivity index (χ0n) is 17.6. The second-order valence-corrected chi connectivity index (χ2v) is 7.67. The molecule has 0 amide bonds. The van der Waals surface area contributed by atoms with Crippen LogP contribution in [0.5, 0.6) is 0 Å². The number of benzene rings is 3. The largest absolute Gasteiger partial charge is 0.380 e. The van der Waals surface area contributed by atoms with Crippen molar-refractivity contribution in [3.63, 3.8) is 0 Å². The minimum atomic E-state index is 0.776. The third-order valence-corrected chi connectivity index (χ3v) is 5.32. The summed E-state index contributed by atoms with van der Waals surface area (Å²) in [6, 6.07) is 27.6. The van der Waals surface area contributed by atoms with Crippen LogP contribution in [-0.2, 0) is 19.6 Å². The number of pyridine rings is 1. The maximum atomic E-state index is 4.55. The van der Waals surface area contributed by atoms with Crippen molar-refractivity contribution in [2.45, 2.75) is 19.6 Å². The van der Waals surface area contributed by atoms with E-state index in [0.29, 0.717) is 0 Å². The van der Waals surface area contributed by atoms with Crippen molar-refractivity contribution >= 4 is 22.3 Å². The van der Waals surface area contributed by atoms with Crippen LogP contribution in [0.2, 0.25) is 0 Å².